The maximum Gasteiger partial charge on any atom is 0.149 e. The summed E-state index contributed by atoms with van der Waals surface area (Å²) in [7, 11) is 1.75. The lowest BCUT2D eigenvalue weighted by atomic mass is 10.1. The van der Waals surface area contributed by atoms with Gasteiger partial charge >= 0.3 is 0 Å². The van der Waals surface area contributed by atoms with Crippen LogP contribution in [0.25, 0.3) is 0 Å². The highest BCUT2D eigenvalue weighted by Crippen LogP contribution is 2.27. The van der Waals surface area contributed by atoms with Gasteiger partial charge in [0.05, 0.1) is 12.2 Å². The van der Waals surface area contributed by atoms with E-state index < -0.39 is 11.6 Å². The molecule has 0 amide bonds. The quantitative estimate of drug-likeness (QED) is 0.912. The zero-order valence-electron chi connectivity index (χ0n) is 11.5. The molecule has 1 aromatic carbocycles. The lowest BCUT2D eigenvalue weighted by Gasteiger charge is -2.37. The van der Waals surface area contributed by atoms with Crippen LogP contribution in [0.1, 0.15) is 19.4 Å². The van der Waals surface area contributed by atoms with E-state index in [0.29, 0.717) is 25.2 Å². The van der Waals surface area contributed by atoms with E-state index in [4.69, 9.17) is 4.74 Å². The molecular formula is C14H20F2N2O. The molecular weight excluding hydrogens is 250 g/mol. The fraction of sp³-hybridized carbons (Fsp3) is 0.571. The predicted molar refractivity (Wildman–Crippen MR) is 71.3 cm³/mol. The van der Waals surface area contributed by atoms with Crippen LogP contribution in [-0.4, -0.2) is 32.3 Å². The van der Waals surface area contributed by atoms with E-state index >= 15 is 0 Å². The van der Waals surface area contributed by atoms with Gasteiger partial charge in [0.25, 0.3) is 0 Å². The maximum atomic E-state index is 14.1. The molecule has 1 aliphatic heterocycles. The van der Waals surface area contributed by atoms with Gasteiger partial charge in [-0.25, -0.2) is 8.78 Å². The Labute approximate surface area is 112 Å². The molecule has 0 aliphatic carbocycles. The number of hydrogen-bond acceptors (Lipinski definition) is 3. The fourth-order valence-electron chi connectivity index (χ4n) is 2.59. The Kier molecular flexibility index (Phi) is 4.37. The number of ether oxygens (including phenoxy) is 1. The van der Waals surface area contributed by atoms with Crippen molar-refractivity contribution in [2.45, 2.75) is 32.6 Å². The highest BCUT2D eigenvalue weighted by atomic mass is 19.1. The van der Waals surface area contributed by atoms with Gasteiger partial charge in [-0.15, -0.1) is 0 Å². The van der Waals surface area contributed by atoms with Crippen molar-refractivity contribution in [2.24, 2.45) is 0 Å². The average Bonchev–Trinajstić information content (AvgIpc) is 2.26. The van der Waals surface area contributed by atoms with Crippen molar-refractivity contribution in [1.82, 2.24) is 5.32 Å². The zero-order chi connectivity index (χ0) is 14.0. The van der Waals surface area contributed by atoms with Crippen LogP contribution in [0.4, 0.5) is 14.5 Å². The van der Waals surface area contributed by atoms with Crippen LogP contribution in [0.15, 0.2) is 12.1 Å². The molecule has 3 nitrogen and oxygen atoms in total. The highest BCUT2D eigenvalue weighted by Gasteiger charge is 2.26. The van der Waals surface area contributed by atoms with E-state index in [-0.39, 0.29) is 17.9 Å². The van der Waals surface area contributed by atoms with Crippen molar-refractivity contribution in [1.29, 1.82) is 0 Å². The molecule has 1 heterocycles. The van der Waals surface area contributed by atoms with E-state index in [1.807, 2.05) is 13.8 Å². The van der Waals surface area contributed by atoms with Crippen LogP contribution in [0.2, 0.25) is 0 Å². The van der Waals surface area contributed by atoms with Gasteiger partial charge in [0.15, 0.2) is 0 Å². The summed E-state index contributed by atoms with van der Waals surface area (Å²) in [5.41, 5.74) is 0.664. The third-order valence-corrected chi connectivity index (χ3v) is 3.19. The summed E-state index contributed by atoms with van der Waals surface area (Å²) >= 11 is 0. The zero-order valence-corrected chi connectivity index (χ0v) is 11.5. The Hall–Kier alpha value is -1.20. The number of anilines is 1. The Morgan fingerprint density at radius 1 is 1.21 bits per heavy atom. The largest absolute Gasteiger partial charge is 0.372 e. The fourth-order valence-corrected chi connectivity index (χ4v) is 2.59. The van der Waals surface area contributed by atoms with Gasteiger partial charge in [-0.05, 0) is 38.6 Å². The van der Waals surface area contributed by atoms with Gasteiger partial charge in [-0.3, -0.25) is 0 Å². The van der Waals surface area contributed by atoms with Crippen molar-refractivity contribution < 1.29 is 13.5 Å². The average molecular weight is 270 g/mol. The minimum atomic E-state index is -0.508. The summed E-state index contributed by atoms with van der Waals surface area (Å²) < 4.78 is 33.8. The van der Waals surface area contributed by atoms with Gasteiger partial charge in [0.1, 0.15) is 17.3 Å². The normalized spacial score (nSPS) is 23.7. The number of nitrogens with zero attached hydrogens (tertiary/aromatic N) is 1. The molecule has 0 spiro atoms. The molecule has 0 bridgehead atoms. The smallest absolute Gasteiger partial charge is 0.149 e. The first-order valence-corrected chi connectivity index (χ1v) is 6.54. The Bertz CT molecular complexity index is 420. The molecule has 0 aromatic heterocycles. The summed E-state index contributed by atoms with van der Waals surface area (Å²) in [6.07, 6.45) is -0.0564. The summed E-state index contributed by atoms with van der Waals surface area (Å²) in [4.78, 5) is 1.73. The van der Waals surface area contributed by atoms with Crippen molar-refractivity contribution >= 4 is 5.69 Å². The number of rotatable bonds is 3. The van der Waals surface area contributed by atoms with Gasteiger partial charge in [-0.2, -0.15) is 0 Å². The van der Waals surface area contributed by atoms with E-state index in [2.05, 4.69) is 5.32 Å². The van der Waals surface area contributed by atoms with Crippen LogP contribution in [0.5, 0.6) is 0 Å². The molecule has 0 radical (unpaired) electrons. The van der Waals surface area contributed by atoms with Gasteiger partial charge in [-0.1, -0.05) is 0 Å². The number of halogens is 2. The maximum absolute atomic E-state index is 14.1. The first-order valence-electron chi connectivity index (χ1n) is 6.54. The van der Waals surface area contributed by atoms with Crippen LogP contribution in [0, 0.1) is 11.6 Å². The Morgan fingerprint density at radius 2 is 1.74 bits per heavy atom. The van der Waals surface area contributed by atoms with E-state index in [9.17, 15) is 8.78 Å². The molecule has 106 valence electrons. The van der Waals surface area contributed by atoms with Gasteiger partial charge < -0.3 is 15.0 Å². The molecule has 1 fully saturated rings. The van der Waals surface area contributed by atoms with E-state index in [0.717, 1.165) is 0 Å². The van der Waals surface area contributed by atoms with Crippen LogP contribution in [-0.2, 0) is 11.3 Å². The molecule has 5 heteroatoms. The SMILES string of the molecule is CNCc1cc(F)c(N2C[C@@H](C)O[C@@H](C)C2)c(F)c1. The lowest BCUT2D eigenvalue weighted by Crippen LogP contribution is -2.46. The van der Waals surface area contributed by atoms with Gasteiger partial charge in [0, 0.05) is 19.6 Å². The van der Waals surface area contributed by atoms with Crippen molar-refractivity contribution in [3.05, 3.63) is 29.3 Å². The second kappa shape index (κ2) is 5.84. The van der Waals surface area contributed by atoms with Gasteiger partial charge in [0.2, 0.25) is 0 Å². The molecule has 0 saturated carbocycles. The molecule has 1 aliphatic rings. The predicted octanol–water partition coefficient (Wildman–Crippen LogP) is 2.30. The van der Waals surface area contributed by atoms with Crippen molar-refractivity contribution in [2.75, 3.05) is 25.0 Å². The lowest BCUT2D eigenvalue weighted by molar-refractivity contribution is -0.00558. The molecule has 1 aromatic rings. The summed E-state index contributed by atoms with van der Waals surface area (Å²) in [6.45, 7) is 5.28. The first-order chi connectivity index (χ1) is 9.01. The van der Waals surface area contributed by atoms with Crippen LogP contribution >= 0.6 is 0 Å². The second-order valence-electron chi connectivity index (χ2n) is 5.10. The monoisotopic (exact) mass is 270 g/mol. The Balaban J connectivity index is 2.29. The summed E-state index contributed by atoms with van der Waals surface area (Å²) in [6, 6.07) is 2.78. The first kappa shape index (κ1) is 14.2. The molecule has 1 N–H and O–H groups in total. The van der Waals surface area contributed by atoms with E-state index in [1.165, 1.54) is 12.1 Å². The summed E-state index contributed by atoms with van der Waals surface area (Å²) in [5, 5.41) is 2.88. The molecule has 2 atom stereocenters. The third kappa shape index (κ3) is 3.22. The second-order valence-corrected chi connectivity index (χ2v) is 5.10. The van der Waals surface area contributed by atoms with Crippen LogP contribution in [0.3, 0.4) is 0 Å². The Morgan fingerprint density at radius 3 is 2.21 bits per heavy atom. The topological polar surface area (TPSA) is 24.5 Å². The third-order valence-electron chi connectivity index (χ3n) is 3.19. The van der Waals surface area contributed by atoms with Crippen molar-refractivity contribution in [3.63, 3.8) is 0 Å². The highest BCUT2D eigenvalue weighted by molar-refractivity contribution is 5.51. The minimum Gasteiger partial charge on any atom is -0.372 e. The number of hydrogen-bond donors (Lipinski definition) is 1. The standard InChI is InChI=1S/C14H20F2N2O/c1-9-7-18(8-10(2)19-9)14-12(15)4-11(6-17-3)5-13(14)16/h4-5,9-10,17H,6-8H2,1-3H3/t9-,10+. The minimum absolute atomic E-state index is 0.0282. The molecule has 1 saturated heterocycles. The van der Waals surface area contributed by atoms with Crippen molar-refractivity contribution in [3.8, 4) is 0 Å². The number of benzene rings is 1. The number of morpholine rings is 1. The molecule has 19 heavy (non-hydrogen) atoms. The molecule has 0 unspecified atom stereocenters. The van der Waals surface area contributed by atoms with E-state index in [1.54, 1.807) is 11.9 Å². The number of nitrogens with one attached hydrogen (secondary N) is 1. The van der Waals surface area contributed by atoms with Crippen LogP contribution < -0.4 is 10.2 Å². The summed E-state index contributed by atoms with van der Waals surface area (Å²) in [5.74, 6) is -1.02. The molecule has 2 rings (SSSR count).